The molecule has 18 heavy (non-hydrogen) atoms. The number of piperazine rings is 1. The number of amides is 3. The summed E-state index contributed by atoms with van der Waals surface area (Å²) in [7, 11) is 1.79. The molecule has 0 aliphatic carbocycles. The topological polar surface area (TPSA) is 53.1 Å². The fourth-order valence-corrected chi connectivity index (χ4v) is 2.37. The maximum Gasteiger partial charge on any atom is 0.410 e. The number of urea groups is 1. The fourth-order valence-electron chi connectivity index (χ4n) is 2.37. The maximum absolute atomic E-state index is 12.0. The predicted octanol–water partition coefficient (Wildman–Crippen LogP) is 0.973. The third-order valence-electron chi connectivity index (χ3n) is 3.19. The molecule has 2 rings (SSSR count). The SMILES string of the molecule is CN1C[C@@H]2CN(C(=O)OC(C)(C)C)CCN2C1=O. The van der Waals surface area contributed by atoms with Gasteiger partial charge in [-0.2, -0.15) is 0 Å². The molecule has 0 bridgehead atoms. The van der Waals surface area contributed by atoms with Gasteiger partial charge in [0.25, 0.3) is 0 Å². The van der Waals surface area contributed by atoms with E-state index in [9.17, 15) is 9.59 Å². The second kappa shape index (κ2) is 4.33. The van der Waals surface area contributed by atoms with E-state index in [1.54, 1.807) is 16.8 Å². The van der Waals surface area contributed by atoms with E-state index in [1.807, 2.05) is 25.7 Å². The van der Waals surface area contributed by atoms with E-state index >= 15 is 0 Å². The molecular weight excluding hydrogens is 234 g/mol. The van der Waals surface area contributed by atoms with Gasteiger partial charge in [0.15, 0.2) is 0 Å². The Morgan fingerprint density at radius 1 is 1.28 bits per heavy atom. The number of rotatable bonds is 0. The van der Waals surface area contributed by atoms with Crippen LogP contribution in [0.15, 0.2) is 0 Å². The summed E-state index contributed by atoms with van der Waals surface area (Å²) in [6.07, 6.45) is -0.288. The van der Waals surface area contributed by atoms with Gasteiger partial charge < -0.3 is 19.4 Å². The van der Waals surface area contributed by atoms with E-state index in [0.29, 0.717) is 26.2 Å². The molecule has 0 aromatic heterocycles. The van der Waals surface area contributed by atoms with Crippen molar-refractivity contribution in [2.75, 3.05) is 33.2 Å². The van der Waals surface area contributed by atoms with Gasteiger partial charge in [0, 0.05) is 33.2 Å². The van der Waals surface area contributed by atoms with Crippen LogP contribution in [0.1, 0.15) is 20.8 Å². The van der Waals surface area contributed by atoms with Crippen LogP contribution in [-0.2, 0) is 4.74 Å². The molecule has 0 unspecified atom stereocenters. The van der Waals surface area contributed by atoms with Crippen molar-refractivity contribution in [2.24, 2.45) is 0 Å². The summed E-state index contributed by atoms with van der Waals surface area (Å²) in [5.74, 6) is 0. The molecule has 2 aliphatic heterocycles. The molecule has 0 aromatic rings. The molecule has 2 saturated heterocycles. The zero-order valence-electron chi connectivity index (χ0n) is 11.5. The Morgan fingerprint density at radius 2 is 1.94 bits per heavy atom. The van der Waals surface area contributed by atoms with E-state index in [4.69, 9.17) is 4.74 Å². The van der Waals surface area contributed by atoms with Gasteiger partial charge in [-0.3, -0.25) is 0 Å². The minimum atomic E-state index is -0.476. The molecule has 0 spiro atoms. The first-order valence-corrected chi connectivity index (χ1v) is 6.27. The van der Waals surface area contributed by atoms with Crippen molar-refractivity contribution in [3.63, 3.8) is 0 Å². The third kappa shape index (κ3) is 2.52. The maximum atomic E-state index is 12.0. The molecule has 0 saturated carbocycles. The lowest BCUT2D eigenvalue weighted by Gasteiger charge is -2.37. The van der Waals surface area contributed by atoms with Crippen LogP contribution in [0.5, 0.6) is 0 Å². The number of likely N-dealkylation sites (N-methyl/N-ethyl adjacent to an activating group) is 1. The Labute approximate surface area is 107 Å². The number of carbonyl (C=O) groups excluding carboxylic acids is 2. The molecule has 2 aliphatic rings. The Hall–Kier alpha value is -1.46. The van der Waals surface area contributed by atoms with Crippen molar-refractivity contribution >= 4 is 12.1 Å². The van der Waals surface area contributed by atoms with Gasteiger partial charge in [-0.05, 0) is 20.8 Å². The molecule has 2 heterocycles. The van der Waals surface area contributed by atoms with E-state index in [0.717, 1.165) is 0 Å². The van der Waals surface area contributed by atoms with Crippen LogP contribution in [0.4, 0.5) is 9.59 Å². The summed E-state index contributed by atoms with van der Waals surface area (Å²) in [6, 6.07) is 0.160. The van der Waals surface area contributed by atoms with E-state index in [-0.39, 0.29) is 18.2 Å². The molecule has 3 amide bonds. The van der Waals surface area contributed by atoms with Gasteiger partial charge >= 0.3 is 12.1 Å². The van der Waals surface area contributed by atoms with Crippen molar-refractivity contribution in [1.29, 1.82) is 0 Å². The second-order valence-corrected chi connectivity index (χ2v) is 5.94. The summed E-state index contributed by atoms with van der Waals surface area (Å²) < 4.78 is 5.35. The molecule has 102 valence electrons. The van der Waals surface area contributed by atoms with Crippen LogP contribution < -0.4 is 0 Å². The number of fused-ring (bicyclic) bond motifs is 1. The van der Waals surface area contributed by atoms with Crippen LogP contribution in [0, 0.1) is 0 Å². The summed E-state index contributed by atoms with van der Waals surface area (Å²) >= 11 is 0. The van der Waals surface area contributed by atoms with Crippen molar-refractivity contribution in [2.45, 2.75) is 32.4 Å². The Balaban J connectivity index is 1.96. The molecule has 6 nitrogen and oxygen atoms in total. The van der Waals surface area contributed by atoms with E-state index in [2.05, 4.69) is 0 Å². The number of nitrogens with zero attached hydrogens (tertiary/aromatic N) is 3. The third-order valence-corrected chi connectivity index (χ3v) is 3.19. The highest BCUT2D eigenvalue weighted by atomic mass is 16.6. The van der Waals surface area contributed by atoms with Crippen LogP contribution in [0.25, 0.3) is 0 Å². The van der Waals surface area contributed by atoms with Crippen LogP contribution in [0.3, 0.4) is 0 Å². The molecule has 0 radical (unpaired) electrons. The zero-order valence-corrected chi connectivity index (χ0v) is 11.5. The molecule has 0 N–H and O–H groups in total. The highest BCUT2D eigenvalue weighted by molar-refractivity contribution is 5.77. The average Bonchev–Trinajstić information content (AvgIpc) is 2.52. The highest BCUT2D eigenvalue weighted by Gasteiger charge is 2.40. The summed E-state index contributed by atoms with van der Waals surface area (Å²) in [5, 5.41) is 0. The van der Waals surface area contributed by atoms with Crippen molar-refractivity contribution in [1.82, 2.24) is 14.7 Å². The van der Waals surface area contributed by atoms with Crippen LogP contribution in [-0.4, -0.2) is 71.7 Å². The lowest BCUT2D eigenvalue weighted by Crippen LogP contribution is -2.54. The number of ether oxygens (including phenoxy) is 1. The first kappa shape index (κ1) is 13.0. The number of carbonyl (C=O) groups is 2. The Morgan fingerprint density at radius 3 is 2.56 bits per heavy atom. The monoisotopic (exact) mass is 255 g/mol. The van der Waals surface area contributed by atoms with E-state index in [1.165, 1.54) is 0 Å². The molecule has 0 aromatic carbocycles. The van der Waals surface area contributed by atoms with Gasteiger partial charge in [0.05, 0.1) is 6.04 Å². The first-order valence-electron chi connectivity index (χ1n) is 6.27. The largest absolute Gasteiger partial charge is 0.444 e. The zero-order chi connectivity index (χ0) is 13.5. The van der Waals surface area contributed by atoms with Crippen molar-refractivity contribution in [3.8, 4) is 0 Å². The Bertz CT molecular complexity index is 364. The first-order chi connectivity index (χ1) is 8.28. The van der Waals surface area contributed by atoms with Gasteiger partial charge in [-0.1, -0.05) is 0 Å². The standard InChI is InChI=1S/C12H21N3O3/c1-12(2,3)18-11(17)14-5-6-15-9(8-14)7-13(4)10(15)16/h9H,5-8H2,1-4H3/t9-/m1/s1. The average molecular weight is 255 g/mol. The van der Waals surface area contributed by atoms with Crippen molar-refractivity contribution in [3.05, 3.63) is 0 Å². The molecule has 1 atom stereocenters. The van der Waals surface area contributed by atoms with Gasteiger partial charge in [0.1, 0.15) is 5.60 Å². The smallest absolute Gasteiger partial charge is 0.410 e. The normalized spacial score (nSPS) is 24.3. The predicted molar refractivity (Wildman–Crippen MR) is 66.3 cm³/mol. The van der Waals surface area contributed by atoms with Gasteiger partial charge in [0.2, 0.25) is 0 Å². The van der Waals surface area contributed by atoms with Crippen molar-refractivity contribution < 1.29 is 14.3 Å². The summed E-state index contributed by atoms with van der Waals surface area (Å²) in [6.45, 7) is 7.94. The lowest BCUT2D eigenvalue weighted by molar-refractivity contribution is 0.0128. The molecular formula is C12H21N3O3. The Kier molecular flexibility index (Phi) is 3.12. The molecule has 2 fully saturated rings. The van der Waals surface area contributed by atoms with Gasteiger partial charge in [-0.25, -0.2) is 9.59 Å². The summed E-state index contributed by atoms with van der Waals surface area (Å²) in [5.41, 5.74) is -0.476. The molecule has 6 heteroatoms. The minimum Gasteiger partial charge on any atom is -0.444 e. The number of hydrogen-bond acceptors (Lipinski definition) is 3. The minimum absolute atomic E-state index is 0.0591. The highest BCUT2D eigenvalue weighted by Crippen LogP contribution is 2.20. The van der Waals surface area contributed by atoms with E-state index < -0.39 is 5.60 Å². The second-order valence-electron chi connectivity index (χ2n) is 5.94. The lowest BCUT2D eigenvalue weighted by atomic mass is 10.2. The fraction of sp³-hybridized carbons (Fsp3) is 0.833. The summed E-state index contributed by atoms with van der Waals surface area (Å²) in [4.78, 5) is 28.9. The quantitative estimate of drug-likeness (QED) is 0.648. The van der Waals surface area contributed by atoms with Gasteiger partial charge in [-0.15, -0.1) is 0 Å². The number of hydrogen-bond donors (Lipinski definition) is 0. The van der Waals surface area contributed by atoms with Crippen LogP contribution >= 0.6 is 0 Å². The van der Waals surface area contributed by atoms with Crippen LogP contribution in [0.2, 0.25) is 0 Å².